The van der Waals surface area contributed by atoms with Crippen LogP contribution in [0.3, 0.4) is 0 Å². The monoisotopic (exact) mass is 283 g/mol. The summed E-state index contributed by atoms with van der Waals surface area (Å²) in [7, 11) is 1.14. The fourth-order valence-corrected chi connectivity index (χ4v) is 2.32. The van der Waals surface area contributed by atoms with E-state index in [4.69, 9.17) is 10.5 Å². The zero-order chi connectivity index (χ0) is 14.6. The highest BCUT2D eigenvalue weighted by Gasteiger charge is 2.31. The lowest BCUT2D eigenvalue weighted by atomic mass is 10.1. The van der Waals surface area contributed by atoms with Gasteiger partial charge >= 0.3 is 5.69 Å². The molecule has 3 N–H and O–H groups in total. The molecule has 0 atom stereocenters. The molecule has 0 amide bonds. The van der Waals surface area contributed by atoms with Gasteiger partial charge in [-0.1, -0.05) is 0 Å². The van der Waals surface area contributed by atoms with Crippen LogP contribution in [0.2, 0.25) is 0 Å². The first-order valence-electron chi connectivity index (χ1n) is 5.96. The summed E-state index contributed by atoms with van der Waals surface area (Å²) >= 11 is 0. The van der Waals surface area contributed by atoms with Gasteiger partial charge in [-0.3, -0.25) is 14.3 Å². The fourth-order valence-electron chi connectivity index (χ4n) is 2.32. The number of benzene rings is 1. The Morgan fingerprint density at radius 1 is 1.30 bits per heavy atom. The molecular weight excluding hydrogens is 272 g/mol. The average Bonchev–Trinajstić information content (AvgIpc) is 3.20. The van der Waals surface area contributed by atoms with Gasteiger partial charge in [0.1, 0.15) is 5.52 Å². The molecule has 3 rings (SSSR count). The van der Waals surface area contributed by atoms with Crippen molar-refractivity contribution in [2.75, 3.05) is 12.8 Å². The number of halogens is 2. The van der Waals surface area contributed by atoms with E-state index in [0.29, 0.717) is 12.8 Å². The van der Waals surface area contributed by atoms with Gasteiger partial charge in [0.05, 0.1) is 18.2 Å². The highest BCUT2D eigenvalue weighted by molar-refractivity contribution is 5.94. The first-order valence-corrected chi connectivity index (χ1v) is 5.96. The second-order valence-corrected chi connectivity index (χ2v) is 4.66. The largest absolute Gasteiger partial charge is 0.491 e. The Labute approximate surface area is 110 Å². The third-order valence-electron chi connectivity index (χ3n) is 3.37. The molecule has 1 aromatic carbocycles. The molecule has 20 heavy (non-hydrogen) atoms. The summed E-state index contributed by atoms with van der Waals surface area (Å²) in [6, 6.07) is -0.167. The van der Waals surface area contributed by atoms with Crippen LogP contribution < -0.4 is 21.7 Å². The lowest BCUT2D eigenvalue weighted by molar-refractivity contribution is 0.375. The van der Waals surface area contributed by atoms with E-state index in [1.807, 2.05) is 0 Å². The molecule has 0 spiro atoms. The maximum absolute atomic E-state index is 13.9. The van der Waals surface area contributed by atoms with Crippen molar-refractivity contribution in [3.8, 4) is 5.75 Å². The number of ether oxygens (including phenoxy) is 1. The van der Waals surface area contributed by atoms with Crippen LogP contribution >= 0.6 is 0 Å². The second-order valence-electron chi connectivity index (χ2n) is 4.66. The van der Waals surface area contributed by atoms with E-state index in [9.17, 15) is 18.4 Å². The van der Waals surface area contributed by atoms with Crippen LogP contribution in [0.15, 0.2) is 9.59 Å². The summed E-state index contributed by atoms with van der Waals surface area (Å²) in [6.07, 6.45) is 1.42. The van der Waals surface area contributed by atoms with Gasteiger partial charge in [0.15, 0.2) is 11.6 Å². The number of H-pyrrole nitrogens is 1. The Morgan fingerprint density at radius 3 is 2.50 bits per heavy atom. The summed E-state index contributed by atoms with van der Waals surface area (Å²) < 4.78 is 33.7. The molecule has 0 bridgehead atoms. The predicted octanol–water partition coefficient (Wildman–Crippen LogP) is 0.894. The summed E-state index contributed by atoms with van der Waals surface area (Å²) in [5, 5.41) is -0.271. The van der Waals surface area contributed by atoms with Crippen molar-refractivity contribution >= 4 is 16.6 Å². The van der Waals surface area contributed by atoms with E-state index in [1.165, 1.54) is 4.57 Å². The van der Waals surface area contributed by atoms with Crippen LogP contribution in [-0.4, -0.2) is 16.7 Å². The molecule has 1 saturated carbocycles. The van der Waals surface area contributed by atoms with Crippen molar-refractivity contribution in [1.82, 2.24) is 9.55 Å². The van der Waals surface area contributed by atoms with Crippen molar-refractivity contribution in [2.24, 2.45) is 0 Å². The van der Waals surface area contributed by atoms with Gasteiger partial charge in [-0.2, -0.15) is 4.39 Å². The number of nitrogens with zero attached hydrogens (tertiary/aromatic N) is 1. The fraction of sp³-hybridized carbons (Fsp3) is 0.333. The van der Waals surface area contributed by atoms with Crippen LogP contribution in [0.5, 0.6) is 5.75 Å². The number of nitrogens with one attached hydrogen (secondary N) is 1. The van der Waals surface area contributed by atoms with Crippen LogP contribution in [0.1, 0.15) is 18.9 Å². The molecule has 0 radical (unpaired) electrons. The number of methoxy groups -OCH3 is 1. The number of rotatable bonds is 2. The van der Waals surface area contributed by atoms with E-state index >= 15 is 0 Å². The third-order valence-corrected chi connectivity index (χ3v) is 3.37. The minimum atomic E-state index is -1.36. The van der Waals surface area contributed by atoms with Crippen molar-refractivity contribution in [3.63, 3.8) is 0 Å². The van der Waals surface area contributed by atoms with Gasteiger partial charge in [0.25, 0.3) is 5.56 Å². The molecule has 106 valence electrons. The maximum atomic E-state index is 13.9. The number of aromatic amines is 1. The average molecular weight is 283 g/mol. The molecule has 0 aliphatic heterocycles. The summed E-state index contributed by atoms with van der Waals surface area (Å²) in [5.41, 5.74) is 3.20. The Morgan fingerprint density at radius 2 is 1.95 bits per heavy atom. The topological polar surface area (TPSA) is 90.1 Å². The number of anilines is 1. The molecule has 1 aliphatic carbocycles. The molecule has 6 nitrogen and oxygen atoms in total. The number of aromatic nitrogens is 2. The molecule has 1 aliphatic rings. The van der Waals surface area contributed by atoms with Gasteiger partial charge in [-0.15, -0.1) is 0 Å². The van der Waals surface area contributed by atoms with Gasteiger partial charge < -0.3 is 10.5 Å². The van der Waals surface area contributed by atoms with E-state index in [2.05, 4.69) is 4.98 Å². The Bertz CT molecular complexity index is 837. The predicted molar refractivity (Wildman–Crippen MR) is 68.0 cm³/mol. The number of hydrogen-bond donors (Lipinski definition) is 2. The van der Waals surface area contributed by atoms with Gasteiger partial charge in [0, 0.05) is 6.04 Å². The summed E-state index contributed by atoms with van der Waals surface area (Å²) in [5.74, 6) is -3.15. The minimum Gasteiger partial charge on any atom is -0.491 e. The Kier molecular flexibility index (Phi) is 2.56. The Hall–Kier alpha value is -2.38. The molecule has 1 aromatic heterocycles. The normalized spacial score (nSPS) is 14.8. The molecular formula is C12H11F2N3O3. The minimum absolute atomic E-state index is 0.0971. The molecule has 8 heteroatoms. The van der Waals surface area contributed by atoms with Crippen molar-refractivity contribution < 1.29 is 13.5 Å². The summed E-state index contributed by atoms with van der Waals surface area (Å²) in [6.45, 7) is 0. The Balaban J connectivity index is 2.64. The van der Waals surface area contributed by atoms with Crippen LogP contribution in [-0.2, 0) is 0 Å². The summed E-state index contributed by atoms with van der Waals surface area (Å²) in [4.78, 5) is 25.8. The zero-order valence-corrected chi connectivity index (χ0v) is 10.5. The third kappa shape index (κ3) is 1.54. The first-order chi connectivity index (χ1) is 9.47. The van der Waals surface area contributed by atoms with E-state index in [1.54, 1.807) is 0 Å². The quantitative estimate of drug-likeness (QED) is 0.801. The highest BCUT2D eigenvalue weighted by Crippen LogP contribution is 2.40. The van der Waals surface area contributed by atoms with Crippen molar-refractivity contribution in [2.45, 2.75) is 18.9 Å². The van der Waals surface area contributed by atoms with Crippen LogP contribution in [0.4, 0.5) is 14.5 Å². The highest BCUT2D eigenvalue weighted by atomic mass is 19.2. The molecule has 0 saturated heterocycles. The number of nitrogens with two attached hydrogens (primary N) is 1. The number of hydrogen-bond acceptors (Lipinski definition) is 4. The lowest BCUT2D eigenvalue weighted by Crippen LogP contribution is -2.31. The molecule has 1 heterocycles. The van der Waals surface area contributed by atoms with Gasteiger partial charge in [0.2, 0.25) is 5.82 Å². The molecule has 1 fully saturated rings. The van der Waals surface area contributed by atoms with E-state index < -0.39 is 34.3 Å². The molecule has 0 unspecified atom stereocenters. The van der Waals surface area contributed by atoms with Gasteiger partial charge in [-0.05, 0) is 12.8 Å². The van der Waals surface area contributed by atoms with Gasteiger partial charge in [-0.25, -0.2) is 9.18 Å². The maximum Gasteiger partial charge on any atom is 0.329 e. The number of nitrogen functional groups attached to an aromatic ring is 1. The second kappa shape index (κ2) is 4.06. The lowest BCUT2D eigenvalue weighted by Gasteiger charge is -2.14. The van der Waals surface area contributed by atoms with Crippen molar-refractivity contribution in [1.29, 1.82) is 0 Å². The van der Waals surface area contributed by atoms with Crippen molar-refractivity contribution in [3.05, 3.63) is 32.5 Å². The van der Waals surface area contributed by atoms with Crippen LogP contribution in [0.25, 0.3) is 10.9 Å². The van der Waals surface area contributed by atoms with E-state index in [0.717, 1.165) is 7.11 Å². The smallest absolute Gasteiger partial charge is 0.329 e. The van der Waals surface area contributed by atoms with Crippen LogP contribution in [0, 0.1) is 11.6 Å². The zero-order valence-electron chi connectivity index (χ0n) is 10.5. The number of fused-ring (bicyclic) bond motifs is 1. The van der Waals surface area contributed by atoms with E-state index in [-0.39, 0.29) is 16.9 Å². The molecule has 2 aromatic rings. The SMILES string of the molecule is COc1c(F)c(F)c(N)c2c(=O)[nH]c(=O)n(C3CC3)c12. The first kappa shape index (κ1) is 12.6. The standard InChI is InChI=1S/C12H11F2N3O3/c1-20-10-7(14)6(13)8(15)5-9(10)17(4-2-3-4)12(19)16-11(5)18/h4H,2-3,15H2,1H3,(H,16,18,19).